The third kappa shape index (κ3) is 2.93. The second-order valence-corrected chi connectivity index (χ2v) is 4.58. The largest absolute Gasteiger partial charge is 0.354 e. The van der Waals surface area contributed by atoms with Gasteiger partial charge in [-0.15, -0.1) is 0 Å². The van der Waals surface area contributed by atoms with E-state index in [4.69, 9.17) is 5.84 Å². The first kappa shape index (κ1) is 12.7. The van der Waals surface area contributed by atoms with E-state index in [1.54, 1.807) is 18.6 Å². The lowest BCUT2D eigenvalue weighted by atomic mass is 10.2. The minimum absolute atomic E-state index is 0.384. The van der Waals surface area contributed by atoms with Crippen LogP contribution >= 0.6 is 15.9 Å². The number of aromatic nitrogens is 3. The Hall–Kier alpha value is -1.73. The Morgan fingerprint density at radius 3 is 2.78 bits per heavy atom. The number of halogens is 1. The summed E-state index contributed by atoms with van der Waals surface area (Å²) in [5, 5.41) is 0. The van der Waals surface area contributed by atoms with Crippen LogP contribution in [-0.2, 0) is 6.54 Å². The van der Waals surface area contributed by atoms with Crippen LogP contribution in [0.4, 0.5) is 11.8 Å². The molecule has 0 bridgehead atoms. The van der Waals surface area contributed by atoms with E-state index < -0.39 is 0 Å². The van der Waals surface area contributed by atoms with Crippen molar-refractivity contribution >= 4 is 27.7 Å². The van der Waals surface area contributed by atoms with Crippen LogP contribution in [0.5, 0.6) is 0 Å². The van der Waals surface area contributed by atoms with Gasteiger partial charge in [0.2, 0.25) is 5.95 Å². The van der Waals surface area contributed by atoms with E-state index in [2.05, 4.69) is 36.3 Å². The molecule has 0 amide bonds. The third-order valence-corrected chi connectivity index (χ3v) is 2.94. The number of hydrogen-bond donors (Lipinski definition) is 2. The highest BCUT2D eigenvalue weighted by molar-refractivity contribution is 9.10. The highest BCUT2D eigenvalue weighted by Gasteiger charge is 2.10. The molecule has 0 radical (unpaired) electrons. The SMILES string of the molecule is CN(Cc1ccncc1)c1nc(NN)ncc1Br. The van der Waals surface area contributed by atoms with Crippen LogP contribution in [0.25, 0.3) is 0 Å². The van der Waals surface area contributed by atoms with Gasteiger partial charge in [0.25, 0.3) is 0 Å². The Balaban J connectivity index is 2.20. The molecule has 2 rings (SSSR count). The molecule has 3 N–H and O–H groups in total. The van der Waals surface area contributed by atoms with Crippen LogP contribution in [0, 0.1) is 0 Å². The van der Waals surface area contributed by atoms with Gasteiger partial charge in [0, 0.05) is 32.2 Å². The molecular formula is C11H13BrN6. The van der Waals surface area contributed by atoms with Gasteiger partial charge in [0.05, 0.1) is 4.47 Å². The summed E-state index contributed by atoms with van der Waals surface area (Å²) in [7, 11) is 1.95. The summed E-state index contributed by atoms with van der Waals surface area (Å²) in [6.07, 6.45) is 5.21. The number of hydrogen-bond acceptors (Lipinski definition) is 6. The monoisotopic (exact) mass is 308 g/mol. The molecule has 6 nitrogen and oxygen atoms in total. The zero-order chi connectivity index (χ0) is 13.0. The maximum absolute atomic E-state index is 5.30. The maximum atomic E-state index is 5.30. The number of rotatable bonds is 4. The summed E-state index contributed by atoms with van der Waals surface area (Å²) in [6, 6.07) is 3.93. The number of nitrogen functional groups attached to an aromatic ring is 1. The number of nitrogens with one attached hydrogen (secondary N) is 1. The van der Waals surface area contributed by atoms with Crippen LogP contribution in [0.2, 0.25) is 0 Å². The smallest absolute Gasteiger partial charge is 0.239 e. The molecule has 94 valence electrons. The van der Waals surface area contributed by atoms with Gasteiger partial charge < -0.3 is 4.90 Å². The highest BCUT2D eigenvalue weighted by atomic mass is 79.9. The molecule has 2 aromatic rings. The van der Waals surface area contributed by atoms with E-state index in [1.165, 1.54) is 0 Å². The molecule has 18 heavy (non-hydrogen) atoms. The van der Waals surface area contributed by atoms with Gasteiger partial charge in [-0.1, -0.05) is 0 Å². The van der Waals surface area contributed by atoms with Crippen LogP contribution in [-0.4, -0.2) is 22.0 Å². The molecule has 0 atom stereocenters. The molecule has 0 aromatic carbocycles. The molecule has 0 saturated carbocycles. The van der Waals surface area contributed by atoms with Crippen molar-refractivity contribution in [3.8, 4) is 0 Å². The molecule has 0 unspecified atom stereocenters. The maximum Gasteiger partial charge on any atom is 0.239 e. The average Bonchev–Trinajstić information content (AvgIpc) is 2.40. The summed E-state index contributed by atoms with van der Waals surface area (Å²) in [5.74, 6) is 6.46. The van der Waals surface area contributed by atoms with Crippen molar-refractivity contribution in [2.24, 2.45) is 5.84 Å². The van der Waals surface area contributed by atoms with Crippen molar-refractivity contribution in [2.75, 3.05) is 17.4 Å². The number of nitrogens with two attached hydrogens (primary N) is 1. The van der Waals surface area contributed by atoms with Gasteiger partial charge in [-0.25, -0.2) is 10.8 Å². The fraction of sp³-hybridized carbons (Fsp3) is 0.182. The van der Waals surface area contributed by atoms with Gasteiger partial charge in [0.1, 0.15) is 5.82 Å². The van der Waals surface area contributed by atoms with Gasteiger partial charge >= 0.3 is 0 Å². The molecule has 0 aliphatic rings. The number of hydrazine groups is 1. The van der Waals surface area contributed by atoms with E-state index in [9.17, 15) is 0 Å². The molecule has 7 heteroatoms. The Labute approximate surface area is 113 Å². The molecule has 0 aliphatic heterocycles. The molecule has 0 aliphatic carbocycles. The normalized spacial score (nSPS) is 10.2. The van der Waals surface area contributed by atoms with E-state index in [0.29, 0.717) is 5.95 Å². The zero-order valence-electron chi connectivity index (χ0n) is 9.84. The predicted molar refractivity (Wildman–Crippen MR) is 73.9 cm³/mol. The Bertz CT molecular complexity index is 518. The summed E-state index contributed by atoms with van der Waals surface area (Å²) in [4.78, 5) is 14.3. The standard InChI is InChI=1S/C11H13BrN6/c1-18(7-8-2-4-14-5-3-8)10-9(12)6-15-11(16-10)17-13/h2-6H,7,13H2,1H3,(H,15,16,17). The molecule has 0 fully saturated rings. The van der Waals surface area contributed by atoms with E-state index in [-0.39, 0.29) is 0 Å². The van der Waals surface area contributed by atoms with Crippen molar-refractivity contribution in [2.45, 2.75) is 6.54 Å². The van der Waals surface area contributed by atoms with Crippen LogP contribution in [0.1, 0.15) is 5.56 Å². The average molecular weight is 309 g/mol. The molecular weight excluding hydrogens is 296 g/mol. The molecule has 0 spiro atoms. The summed E-state index contributed by atoms with van der Waals surface area (Å²) < 4.78 is 0.818. The molecule has 2 heterocycles. The highest BCUT2D eigenvalue weighted by Crippen LogP contribution is 2.24. The van der Waals surface area contributed by atoms with E-state index in [0.717, 1.165) is 22.4 Å². The second-order valence-electron chi connectivity index (χ2n) is 3.72. The quantitative estimate of drug-likeness (QED) is 0.659. The van der Waals surface area contributed by atoms with Crippen molar-refractivity contribution in [1.82, 2.24) is 15.0 Å². The number of anilines is 2. The topological polar surface area (TPSA) is 80.0 Å². The second kappa shape index (κ2) is 5.74. The number of pyridine rings is 1. The molecule has 2 aromatic heterocycles. The summed E-state index contributed by atoms with van der Waals surface area (Å²) >= 11 is 3.43. The van der Waals surface area contributed by atoms with Crippen molar-refractivity contribution < 1.29 is 0 Å². The summed E-state index contributed by atoms with van der Waals surface area (Å²) in [5.41, 5.74) is 3.59. The van der Waals surface area contributed by atoms with Crippen LogP contribution in [0.15, 0.2) is 35.2 Å². The van der Waals surface area contributed by atoms with Crippen molar-refractivity contribution in [3.05, 3.63) is 40.8 Å². The third-order valence-electron chi connectivity index (χ3n) is 2.39. The fourth-order valence-electron chi connectivity index (χ4n) is 1.53. The predicted octanol–water partition coefficient (Wildman–Crippen LogP) is 1.56. The van der Waals surface area contributed by atoms with E-state index in [1.807, 2.05) is 24.1 Å². The van der Waals surface area contributed by atoms with Gasteiger partial charge in [-0.2, -0.15) is 4.98 Å². The van der Waals surface area contributed by atoms with Gasteiger partial charge in [-0.05, 0) is 33.6 Å². The Morgan fingerprint density at radius 2 is 2.11 bits per heavy atom. The van der Waals surface area contributed by atoms with Gasteiger partial charge in [0.15, 0.2) is 0 Å². The Kier molecular flexibility index (Phi) is 4.06. The lowest BCUT2D eigenvalue weighted by Crippen LogP contribution is -2.20. The van der Waals surface area contributed by atoms with E-state index >= 15 is 0 Å². The first-order valence-corrected chi connectivity index (χ1v) is 6.09. The minimum Gasteiger partial charge on any atom is -0.354 e. The van der Waals surface area contributed by atoms with Crippen molar-refractivity contribution in [1.29, 1.82) is 0 Å². The van der Waals surface area contributed by atoms with Gasteiger partial charge in [-0.3, -0.25) is 10.4 Å². The summed E-state index contributed by atoms with van der Waals surface area (Å²) in [6.45, 7) is 0.724. The minimum atomic E-state index is 0.384. The number of nitrogens with zero attached hydrogens (tertiary/aromatic N) is 4. The first-order chi connectivity index (χ1) is 8.70. The Morgan fingerprint density at radius 1 is 1.39 bits per heavy atom. The van der Waals surface area contributed by atoms with Crippen LogP contribution < -0.4 is 16.2 Å². The zero-order valence-corrected chi connectivity index (χ0v) is 11.4. The van der Waals surface area contributed by atoms with Crippen LogP contribution in [0.3, 0.4) is 0 Å². The lowest BCUT2D eigenvalue weighted by molar-refractivity contribution is 0.883. The fourth-order valence-corrected chi connectivity index (χ4v) is 2.03. The lowest BCUT2D eigenvalue weighted by Gasteiger charge is -2.19. The first-order valence-electron chi connectivity index (χ1n) is 5.30. The van der Waals surface area contributed by atoms with Crippen molar-refractivity contribution in [3.63, 3.8) is 0 Å². The molecule has 0 saturated heterocycles.